The van der Waals surface area contributed by atoms with Gasteiger partial charge in [0.05, 0.1) is 24.0 Å². The molecule has 0 aliphatic heterocycles. The van der Waals surface area contributed by atoms with Gasteiger partial charge in [-0.15, -0.1) is 0 Å². The number of hydrogen-bond donors (Lipinski definition) is 2. The van der Waals surface area contributed by atoms with E-state index in [4.69, 9.17) is 4.74 Å². The fourth-order valence-corrected chi connectivity index (χ4v) is 3.37. The maximum Gasteiger partial charge on any atom is 0.261 e. The van der Waals surface area contributed by atoms with Crippen LogP contribution in [0.1, 0.15) is 5.69 Å². The Morgan fingerprint density at radius 2 is 1.71 bits per heavy atom. The van der Waals surface area contributed by atoms with Crippen molar-refractivity contribution in [3.63, 3.8) is 0 Å². The molecule has 2 aromatic carbocycles. The quantitative estimate of drug-likeness (QED) is 0.745. The highest BCUT2D eigenvalue weighted by atomic mass is 32.2. The second-order valence-electron chi connectivity index (χ2n) is 5.23. The van der Waals surface area contributed by atoms with Gasteiger partial charge in [-0.05, 0) is 43.3 Å². The topological polar surface area (TPSA) is 84.1 Å². The van der Waals surface area contributed by atoms with Crippen molar-refractivity contribution in [3.05, 3.63) is 60.6 Å². The van der Waals surface area contributed by atoms with Crippen molar-refractivity contribution in [2.45, 2.75) is 11.8 Å². The Kier molecular flexibility index (Phi) is 4.26. The first-order valence-electron chi connectivity index (χ1n) is 7.27. The average Bonchev–Trinajstić information content (AvgIpc) is 3.01. The molecule has 0 unspecified atom stereocenters. The number of methoxy groups -OCH3 is 1. The van der Waals surface area contributed by atoms with E-state index in [9.17, 15) is 8.42 Å². The zero-order chi connectivity index (χ0) is 17.2. The van der Waals surface area contributed by atoms with Crippen LogP contribution in [0.15, 0.2) is 59.8 Å². The summed E-state index contributed by atoms with van der Waals surface area (Å²) < 4.78 is 32.4. The number of sulfonamides is 1. The van der Waals surface area contributed by atoms with E-state index in [1.54, 1.807) is 30.6 Å². The van der Waals surface area contributed by atoms with Crippen LogP contribution in [0, 0.1) is 6.92 Å². The van der Waals surface area contributed by atoms with Gasteiger partial charge in [-0.3, -0.25) is 4.72 Å². The van der Waals surface area contributed by atoms with E-state index >= 15 is 0 Å². The second-order valence-corrected chi connectivity index (χ2v) is 6.92. The summed E-state index contributed by atoms with van der Waals surface area (Å²) in [4.78, 5) is 7.44. The van der Waals surface area contributed by atoms with E-state index in [-0.39, 0.29) is 4.90 Å². The first kappa shape index (κ1) is 16.1. The van der Waals surface area contributed by atoms with Crippen molar-refractivity contribution in [2.24, 2.45) is 0 Å². The highest BCUT2D eigenvalue weighted by Crippen LogP contribution is 2.23. The lowest BCUT2D eigenvalue weighted by Crippen LogP contribution is -2.12. The van der Waals surface area contributed by atoms with E-state index in [2.05, 4.69) is 14.7 Å². The highest BCUT2D eigenvalue weighted by Gasteiger charge is 2.14. The Labute approximate surface area is 140 Å². The minimum absolute atomic E-state index is 0.176. The van der Waals surface area contributed by atoms with Gasteiger partial charge in [0.25, 0.3) is 10.0 Å². The lowest BCUT2D eigenvalue weighted by atomic mass is 10.1. The van der Waals surface area contributed by atoms with Crippen LogP contribution in [0.4, 0.5) is 5.69 Å². The molecular formula is C17H17N3O3S. The number of aryl methyl sites for hydroxylation is 1. The summed E-state index contributed by atoms with van der Waals surface area (Å²) in [5.41, 5.74) is 3.21. The van der Waals surface area contributed by atoms with Crippen molar-refractivity contribution in [1.82, 2.24) is 9.97 Å². The van der Waals surface area contributed by atoms with Gasteiger partial charge in [0.2, 0.25) is 0 Å². The third-order valence-electron chi connectivity index (χ3n) is 3.61. The monoisotopic (exact) mass is 343 g/mol. The molecule has 1 heterocycles. The van der Waals surface area contributed by atoms with Crippen molar-refractivity contribution in [2.75, 3.05) is 11.8 Å². The molecule has 2 N–H and O–H groups in total. The largest absolute Gasteiger partial charge is 0.497 e. The van der Waals surface area contributed by atoms with Crippen LogP contribution in [0.5, 0.6) is 5.75 Å². The molecule has 0 saturated carbocycles. The standard InChI is InChI=1S/C17H17N3O3S/c1-12-17(19-11-18-12)13-3-5-14(6-4-13)20-24(21,22)16-9-7-15(23-2)8-10-16/h3-11,20H,1-2H3,(H,18,19). The Morgan fingerprint density at radius 1 is 1.04 bits per heavy atom. The summed E-state index contributed by atoms with van der Waals surface area (Å²) in [7, 11) is -2.11. The number of aromatic nitrogens is 2. The van der Waals surface area contributed by atoms with Crippen LogP contribution in [0.2, 0.25) is 0 Å². The van der Waals surface area contributed by atoms with E-state index in [1.807, 2.05) is 19.1 Å². The minimum Gasteiger partial charge on any atom is -0.497 e. The number of H-pyrrole nitrogens is 1. The van der Waals surface area contributed by atoms with E-state index in [0.717, 1.165) is 17.0 Å². The molecule has 24 heavy (non-hydrogen) atoms. The summed E-state index contributed by atoms with van der Waals surface area (Å²) in [6, 6.07) is 13.3. The molecular weight excluding hydrogens is 326 g/mol. The molecule has 0 aliphatic rings. The summed E-state index contributed by atoms with van der Waals surface area (Å²) in [6.07, 6.45) is 1.63. The van der Waals surface area contributed by atoms with Crippen LogP contribution >= 0.6 is 0 Å². The smallest absolute Gasteiger partial charge is 0.261 e. The first-order chi connectivity index (χ1) is 11.5. The molecule has 6 nitrogen and oxygen atoms in total. The van der Waals surface area contributed by atoms with Gasteiger partial charge in [0.15, 0.2) is 0 Å². The number of anilines is 1. The molecule has 1 aromatic heterocycles. The molecule has 0 fully saturated rings. The van der Waals surface area contributed by atoms with Crippen molar-refractivity contribution in [1.29, 1.82) is 0 Å². The number of nitrogens with one attached hydrogen (secondary N) is 2. The lowest BCUT2D eigenvalue weighted by Gasteiger charge is -2.09. The Bertz CT molecular complexity index is 930. The van der Waals surface area contributed by atoms with Gasteiger partial charge in [-0.25, -0.2) is 13.4 Å². The van der Waals surface area contributed by atoms with E-state index in [1.165, 1.54) is 19.2 Å². The van der Waals surface area contributed by atoms with Gasteiger partial charge < -0.3 is 9.72 Å². The predicted octanol–water partition coefficient (Wildman–Crippen LogP) is 3.19. The third kappa shape index (κ3) is 3.26. The summed E-state index contributed by atoms with van der Waals surface area (Å²) in [6.45, 7) is 1.93. The zero-order valence-electron chi connectivity index (χ0n) is 13.3. The third-order valence-corrected chi connectivity index (χ3v) is 5.01. The predicted molar refractivity (Wildman–Crippen MR) is 92.6 cm³/mol. The van der Waals surface area contributed by atoms with Crippen LogP contribution in [-0.2, 0) is 10.0 Å². The van der Waals surface area contributed by atoms with Crippen LogP contribution in [0.3, 0.4) is 0 Å². The maximum absolute atomic E-state index is 12.4. The number of aromatic amines is 1. The average molecular weight is 343 g/mol. The van der Waals surface area contributed by atoms with Crippen LogP contribution in [0.25, 0.3) is 11.3 Å². The second kappa shape index (κ2) is 6.37. The number of benzene rings is 2. The first-order valence-corrected chi connectivity index (χ1v) is 8.75. The zero-order valence-corrected chi connectivity index (χ0v) is 14.1. The molecule has 0 saturated heterocycles. The normalized spacial score (nSPS) is 11.2. The van der Waals surface area contributed by atoms with Crippen LogP contribution < -0.4 is 9.46 Å². The Balaban J connectivity index is 1.81. The maximum atomic E-state index is 12.4. The van der Waals surface area contributed by atoms with Crippen molar-refractivity contribution < 1.29 is 13.2 Å². The number of imidazole rings is 1. The summed E-state index contributed by atoms with van der Waals surface area (Å²) >= 11 is 0. The van der Waals surface area contributed by atoms with Crippen LogP contribution in [-0.4, -0.2) is 25.5 Å². The SMILES string of the molecule is COc1ccc(S(=O)(=O)Nc2ccc(-c3nc[nH]c3C)cc2)cc1. The number of ether oxygens (including phenoxy) is 1. The molecule has 3 aromatic rings. The molecule has 0 radical (unpaired) electrons. The van der Waals surface area contributed by atoms with E-state index in [0.29, 0.717) is 11.4 Å². The van der Waals surface area contributed by atoms with Crippen molar-refractivity contribution in [3.8, 4) is 17.0 Å². The van der Waals surface area contributed by atoms with E-state index < -0.39 is 10.0 Å². The van der Waals surface area contributed by atoms with Gasteiger partial charge in [0.1, 0.15) is 5.75 Å². The molecule has 0 atom stereocenters. The summed E-state index contributed by atoms with van der Waals surface area (Å²) in [5, 5.41) is 0. The lowest BCUT2D eigenvalue weighted by molar-refractivity contribution is 0.414. The summed E-state index contributed by atoms with van der Waals surface area (Å²) in [5.74, 6) is 0.604. The Morgan fingerprint density at radius 3 is 2.25 bits per heavy atom. The number of rotatable bonds is 5. The molecule has 3 rings (SSSR count). The molecule has 0 spiro atoms. The van der Waals surface area contributed by atoms with Gasteiger partial charge in [-0.1, -0.05) is 12.1 Å². The molecule has 0 bridgehead atoms. The molecule has 0 aliphatic carbocycles. The number of hydrogen-bond acceptors (Lipinski definition) is 4. The van der Waals surface area contributed by atoms with Crippen molar-refractivity contribution >= 4 is 15.7 Å². The van der Waals surface area contributed by atoms with Gasteiger partial charge >= 0.3 is 0 Å². The Hall–Kier alpha value is -2.80. The minimum atomic E-state index is -3.64. The van der Waals surface area contributed by atoms with Gasteiger partial charge in [-0.2, -0.15) is 0 Å². The molecule has 0 amide bonds. The molecule has 124 valence electrons. The number of nitrogens with zero attached hydrogens (tertiary/aromatic N) is 1. The van der Waals surface area contributed by atoms with Gasteiger partial charge in [0, 0.05) is 16.9 Å². The molecule has 7 heteroatoms. The highest BCUT2D eigenvalue weighted by molar-refractivity contribution is 7.92. The fourth-order valence-electron chi connectivity index (χ4n) is 2.31. The fraction of sp³-hybridized carbons (Fsp3) is 0.118.